The molecule has 2 saturated heterocycles. The number of likely N-dealkylation sites (tertiary alicyclic amines) is 2. The Morgan fingerprint density at radius 1 is 1.07 bits per heavy atom. The monoisotopic (exact) mass is 369 g/mol. The highest BCUT2D eigenvalue weighted by atomic mass is 16.2. The molecule has 1 aliphatic carbocycles. The molecule has 3 fully saturated rings. The molecular weight excluding hydrogens is 334 g/mol. The molecule has 0 aromatic carbocycles. The fourth-order valence-electron chi connectivity index (χ4n) is 5.69. The van der Waals surface area contributed by atoms with Crippen molar-refractivity contribution in [1.82, 2.24) is 14.8 Å². The van der Waals surface area contributed by atoms with Gasteiger partial charge in [-0.1, -0.05) is 25.7 Å². The van der Waals surface area contributed by atoms with Crippen molar-refractivity contribution in [3.8, 4) is 0 Å². The maximum Gasteiger partial charge on any atom is 0.222 e. The number of amides is 1. The van der Waals surface area contributed by atoms with Gasteiger partial charge in [0.15, 0.2) is 0 Å². The first-order chi connectivity index (χ1) is 13.2. The SMILES string of the molecule is O=C1CC[C@]2(CCCN(CCCC3CCCC3)C2)CN1Cc1ccncc1. The number of piperidine rings is 2. The van der Waals surface area contributed by atoms with E-state index in [1.807, 2.05) is 24.5 Å². The van der Waals surface area contributed by atoms with Crippen LogP contribution in [0.4, 0.5) is 0 Å². The maximum absolute atomic E-state index is 12.5. The minimum Gasteiger partial charge on any atom is -0.338 e. The molecule has 1 amide bonds. The molecule has 3 heterocycles. The summed E-state index contributed by atoms with van der Waals surface area (Å²) in [4.78, 5) is 21.4. The summed E-state index contributed by atoms with van der Waals surface area (Å²) in [7, 11) is 0. The van der Waals surface area contributed by atoms with E-state index < -0.39 is 0 Å². The van der Waals surface area contributed by atoms with Crippen LogP contribution in [0, 0.1) is 11.3 Å². The molecule has 1 spiro atoms. The summed E-state index contributed by atoms with van der Waals surface area (Å²) in [5.41, 5.74) is 1.52. The van der Waals surface area contributed by atoms with Crippen molar-refractivity contribution in [2.24, 2.45) is 11.3 Å². The molecule has 27 heavy (non-hydrogen) atoms. The van der Waals surface area contributed by atoms with Gasteiger partial charge in [-0.2, -0.15) is 0 Å². The molecule has 1 atom stereocenters. The van der Waals surface area contributed by atoms with E-state index in [4.69, 9.17) is 0 Å². The van der Waals surface area contributed by atoms with Gasteiger partial charge >= 0.3 is 0 Å². The lowest BCUT2D eigenvalue weighted by molar-refractivity contribution is -0.140. The number of hydrogen-bond acceptors (Lipinski definition) is 3. The van der Waals surface area contributed by atoms with Crippen molar-refractivity contribution in [1.29, 1.82) is 0 Å². The van der Waals surface area contributed by atoms with Gasteiger partial charge in [0.05, 0.1) is 0 Å². The summed E-state index contributed by atoms with van der Waals surface area (Å²) >= 11 is 0. The predicted octanol–water partition coefficient (Wildman–Crippen LogP) is 4.26. The molecule has 0 unspecified atom stereocenters. The first-order valence-electron chi connectivity index (χ1n) is 11.1. The second-order valence-corrected chi connectivity index (χ2v) is 9.28. The number of rotatable bonds is 6. The predicted molar refractivity (Wildman–Crippen MR) is 108 cm³/mol. The molecule has 3 aliphatic rings. The van der Waals surface area contributed by atoms with Crippen LogP contribution in [0.5, 0.6) is 0 Å². The zero-order chi connectivity index (χ0) is 18.5. The highest BCUT2D eigenvalue weighted by Crippen LogP contribution is 2.39. The van der Waals surface area contributed by atoms with Gasteiger partial charge in [0.25, 0.3) is 0 Å². The van der Waals surface area contributed by atoms with Gasteiger partial charge in [-0.05, 0) is 68.8 Å². The lowest BCUT2D eigenvalue weighted by Crippen LogP contribution is -2.53. The average molecular weight is 370 g/mol. The molecule has 1 aromatic heterocycles. The smallest absolute Gasteiger partial charge is 0.222 e. The molecule has 4 nitrogen and oxygen atoms in total. The highest BCUT2D eigenvalue weighted by Gasteiger charge is 2.41. The Balaban J connectivity index is 1.31. The lowest BCUT2D eigenvalue weighted by atomic mass is 9.73. The van der Waals surface area contributed by atoms with Gasteiger partial charge in [-0.3, -0.25) is 9.78 Å². The number of hydrogen-bond donors (Lipinski definition) is 0. The van der Waals surface area contributed by atoms with Gasteiger partial charge in [0, 0.05) is 43.9 Å². The number of pyridine rings is 1. The molecule has 4 heteroatoms. The van der Waals surface area contributed by atoms with E-state index in [0.29, 0.717) is 11.3 Å². The van der Waals surface area contributed by atoms with Crippen LogP contribution in [0.15, 0.2) is 24.5 Å². The quantitative estimate of drug-likeness (QED) is 0.752. The third-order valence-electron chi connectivity index (χ3n) is 7.17. The molecule has 0 N–H and O–H groups in total. The van der Waals surface area contributed by atoms with Crippen LogP contribution in [0.2, 0.25) is 0 Å². The minimum atomic E-state index is 0.326. The first kappa shape index (κ1) is 18.9. The van der Waals surface area contributed by atoms with E-state index in [-0.39, 0.29) is 0 Å². The Labute approximate surface area is 164 Å². The van der Waals surface area contributed by atoms with Crippen molar-refractivity contribution in [2.45, 2.75) is 70.8 Å². The molecule has 2 aliphatic heterocycles. The third-order valence-corrected chi connectivity index (χ3v) is 7.17. The summed E-state index contributed by atoms with van der Waals surface area (Å²) in [6, 6.07) is 4.06. The molecule has 4 rings (SSSR count). The molecule has 0 radical (unpaired) electrons. The Morgan fingerprint density at radius 3 is 2.70 bits per heavy atom. The normalized spacial score (nSPS) is 27.6. The van der Waals surface area contributed by atoms with Gasteiger partial charge in [-0.15, -0.1) is 0 Å². The maximum atomic E-state index is 12.5. The van der Waals surface area contributed by atoms with Gasteiger partial charge in [-0.25, -0.2) is 0 Å². The van der Waals surface area contributed by atoms with Gasteiger partial charge in [0.2, 0.25) is 5.91 Å². The van der Waals surface area contributed by atoms with Crippen molar-refractivity contribution in [2.75, 3.05) is 26.2 Å². The van der Waals surface area contributed by atoms with Crippen LogP contribution < -0.4 is 0 Å². The fraction of sp³-hybridized carbons (Fsp3) is 0.739. The van der Waals surface area contributed by atoms with Crippen molar-refractivity contribution >= 4 is 5.91 Å². The van der Waals surface area contributed by atoms with E-state index in [1.54, 1.807) is 0 Å². The van der Waals surface area contributed by atoms with E-state index >= 15 is 0 Å². The summed E-state index contributed by atoms with van der Waals surface area (Å²) in [5.74, 6) is 1.34. The molecule has 148 valence electrons. The van der Waals surface area contributed by atoms with E-state index in [2.05, 4.69) is 14.8 Å². The number of nitrogens with zero attached hydrogens (tertiary/aromatic N) is 3. The van der Waals surface area contributed by atoms with Gasteiger partial charge in [0.1, 0.15) is 0 Å². The minimum absolute atomic E-state index is 0.326. The van der Waals surface area contributed by atoms with E-state index in [9.17, 15) is 4.79 Å². The largest absolute Gasteiger partial charge is 0.338 e. The average Bonchev–Trinajstić information content (AvgIpc) is 3.20. The van der Waals surface area contributed by atoms with Crippen LogP contribution in [0.1, 0.15) is 69.8 Å². The molecule has 1 saturated carbocycles. The zero-order valence-electron chi connectivity index (χ0n) is 16.7. The van der Waals surface area contributed by atoms with Crippen molar-refractivity contribution in [3.05, 3.63) is 30.1 Å². The van der Waals surface area contributed by atoms with Crippen LogP contribution in [-0.4, -0.2) is 46.9 Å². The van der Waals surface area contributed by atoms with Crippen LogP contribution in [0.3, 0.4) is 0 Å². The Bertz CT molecular complexity index is 613. The second-order valence-electron chi connectivity index (χ2n) is 9.28. The third kappa shape index (κ3) is 4.90. The topological polar surface area (TPSA) is 36.4 Å². The molecular formula is C23H35N3O. The first-order valence-corrected chi connectivity index (χ1v) is 11.1. The van der Waals surface area contributed by atoms with Crippen molar-refractivity contribution in [3.63, 3.8) is 0 Å². The summed E-state index contributed by atoms with van der Waals surface area (Å²) in [5, 5.41) is 0. The van der Waals surface area contributed by atoms with Crippen molar-refractivity contribution < 1.29 is 4.79 Å². The number of aromatic nitrogens is 1. The van der Waals surface area contributed by atoms with E-state index in [0.717, 1.165) is 31.8 Å². The highest BCUT2D eigenvalue weighted by molar-refractivity contribution is 5.77. The molecule has 1 aromatic rings. The Morgan fingerprint density at radius 2 is 1.89 bits per heavy atom. The summed E-state index contributed by atoms with van der Waals surface area (Å²) in [6.45, 7) is 5.39. The summed E-state index contributed by atoms with van der Waals surface area (Å²) < 4.78 is 0. The number of carbonyl (C=O) groups excluding carboxylic acids is 1. The van der Waals surface area contributed by atoms with Gasteiger partial charge < -0.3 is 9.80 Å². The Hall–Kier alpha value is -1.42. The summed E-state index contributed by atoms with van der Waals surface area (Å²) in [6.07, 6.45) is 16.7. The van der Waals surface area contributed by atoms with Crippen LogP contribution in [-0.2, 0) is 11.3 Å². The van der Waals surface area contributed by atoms with Crippen LogP contribution >= 0.6 is 0 Å². The zero-order valence-corrected chi connectivity index (χ0v) is 16.7. The van der Waals surface area contributed by atoms with E-state index in [1.165, 1.54) is 76.6 Å². The number of carbonyl (C=O) groups is 1. The Kier molecular flexibility index (Phi) is 6.11. The molecule has 0 bridgehead atoms. The fourth-order valence-corrected chi connectivity index (χ4v) is 5.69. The van der Waals surface area contributed by atoms with Crippen LogP contribution in [0.25, 0.3) is 0 Å². The lowest BCUT2D eigenvalue weighted by Gasteiger charge is -2.48. The second kappa shape index (κ2) is 8.72. The standard InChI is InChI=1S/C23H35N3O/c27-22-8-12-23(19-26(22)17-21-9-13-24-14-10-21)11-4-16-25(18-23)15-3-7-20-5-1-2-6-20/h9-10,13-14,20H,1-8,11-12,15-19H2/t23-/m0/s1.